The largest absolute Gasteiger partial charge is 0.340 e. The van der Waals surface area contributed by atoms with Crippen molar-refractivity contribution in [2.75, 3.05) is 40.3 Å². The number of rotatable bonds is 6. The van der Waals surface area contributed by atoms with Gasteiger partial charge in [0.1, 0.15) is 6.04 Å². The Morgan fingerprint density at radius 1 is 1.34 bits per heavy atom. The molecule has 2 aliphatic heterocycles. The highest BCUT2D eigenvalue weighted by atomic mass is 16.2. The van der Waals surface area contributed by atoms with E-state index in [0.29, 0.717) is 26.1 Å². The van der Waals surface area contributed by atoms with Gasteiger partial charge in [0.2, 0.25) is 11.8 Å². The average Bonchev–Trinajstić information content (AvgIpc) is 3.43. The van der Waals surface area contributed by atoms with E-state index >= 15 is 0 Å². The molecule has 4 rings (SSSR count). The summed E-state index contributed by atoms with van der Waals surface area (Å²) < 4.78 is 1.99. The second kappa shape index (κ2) is 8.10. The van der Waals surface area contributed by atoms with Crippen LogP contribution in [0.5, 0.6) is 0 Å². The molecule has 2 saturated heterocycles. The lowest BCUT2D eigenvalue weighted by atomic mass is 10.0. The molecule has 8 nitrogen and oxygen atoms in total. The highest BCUT2D eigenvalue weighted by molar-refractivity contribution is 5.88. The van der Waals surface area contributed by atoms with Gasteiger partial charge in [-0.3, -0.25) is 9.59 Å². The molecular formula is C21H30N6O2. The van der Waals surface area contributed by atoms with Gasteiger partial charge in [0.25, 0.3) is 0 Å². The third-order valence-corrected chi connectivity index (χ3v) is 6.12. The number of hydrogen-bond acceptors (Lipinski definition) is 5. The number of fused-ring (bicyclic) bond motifs is 1. The van der Waals surface area contributed by atoms with E-state index < -0.39 is 0 Å². The summed E-state index contributed by atoms with van der Waals surface area (Å²) in [4.78, 5) is 35.3. The van der Waals surface area contributed by atoms with Crippen LogP contribution in [0.15, 0.2) is 18.3 Å². The Labute approximate surface area is 171 Å². The standard InChI is InChI=1S/C21H30N6O2/c1-15(26-10-5-7-18(26)28)21(29)25-11-8-16(14-25)19-17-6-4-9-22-20(17)27(23-19)13-12-24(2)3/h4,6,9,15-16H,5,7-8,10-14H2,1-3H3/t15-,16-/m1/s1. The summed E-state index contributed by atoms with van der Waals surface area (Å²) >= 11 is 0. The quantitative estimate of drug-likeness (QED) is 0.734. The van der Waals surface area contributed by atoms with Crippen LogP contribution in [0.1, 0.15) is 37.8 Å². The maximum atomic E-state index is 13.0. The van der Waals surface area contributed by atoms with Crippen LogP contribution in [-0.2, 0) is 16.1 Å². The van der Waals surface area contributed by atoms with E-state index in [9.17, 15) is 9.59 Å². The van der Waals surface area contributed by atoms with E-state index in [1.807, 2.05) is 36.7 Å². The number of likely N-dealkylation sites (tertiary alicyclic amines) is 2. The van der Waals surface area contributed by atoms with Crippen molar-refractivity contribution in [1.82, 2.24) is 29.5 Å². The van der Waals surface area contributed by atoms with Crippen LogP contribution in [0.4, 0.5) is 0 Å². The van der Waals surface area contributed by atoms with E-state index in [1.165, 1.54) is 0 Å². The van der Waals surface area contributed by atoms with Gasteiger partial charge in [-0.15, -0.1) is 0 Å². The number of hydrogen-bond donors (Lipinski definition) is 0. The first-order valence-electron chi connectivity index (χ1n) is 10.5. The van der Waals surface area contributed by atoms with Crippen molar-refractivity contribution >= 4 is 22.8 Å². The molecule has 0 aliphatic carbocycles. The summed E-state index contributed by atoms with van der Waals surface area (Å²) in [5.74, 6) is 0.350. The van der Waals surface area contributed by atoms with E-state index in [4.69, 9.17) is 5.10 Å². The summed E-state index contributed by atoms with van der Waals surface area (Å²) in [6.45, 7) is 5.58. The van der Waals surface area contributed by atoms with Crippen molar-refractivity contribution in [3.8, 4) is 0 Å². The van der Waals surface area contributed by atoms with Gasteiger partial charge >= 0.3 is 0 Å². The first-order valence-corrected chi connectivity index (χ1v) is 10.5. The monoisotopic (exact) mass is 398 g/mol. The number of nitrogens with zero attached hydrogens (tertiary/aromatic N) is 6. The highest BCUT2D eigenvalue weighted by Crippen LogP contribution is 2.32. The highest BCUT2D eigenvalue weighted by Gasteiger charge is 2.36. The average molecular weight is 399 g/mol. The molecule has 2 amide bonds. The second-order valence-electron chi connectivity index (χ2n) is 8.42. The molecule has 8 heteroatoms. The predicted molar refractivity (Wildman–Crippen MR) is 110 cm³/mol. The van der Waals surface area contributed by atoms with Gasteiger partial charge in [0.05, 0.1) is 12.2 Å². The fraction of sp³-hybridized carbons (Fsp3) is 0.619. The van der Waals surface area contributed by atoms with E-state index in [2.05, 4.69) is 16.0 Å². The van der Waals surface area contributed by atoms with Crippen molar-refractivity contribution in [2.24, 2.45) is 0 Å². The first kappa shape index (κ1) is 19.8. The predicted octanol–water partition coefficient (Wildman–Crippen LogP) is 1.32. The minimum Gasteiger partial charge on any atom is -0.340 e. The topological polar surface area (TPSA) is 74.6 Å². The number of pyridine rings is 1. The summed E-state index contributed by atoms with van der Waals surface area (Å²) in [6.07, 6.45) is 4.10. The first-order chi connectivity index (χ1) is 14.0. The number of amides is 2. The van der Waals surface area contributed by atoms with Gasteiger partial charge in [-0.2, -0.15) is 5.10 Å². The Kier molecular flexibility index (Phi) is 5.54. The number of aromatic nitrogens is 3. The zero-order valence-corrected chi connectivity index (χ0v) is 17.5. The number of likely N-dealkylation sites (N-methyl/N-ethyl adjacent to an activating group) is 1. The molecule has 2 aliphatic rings. The van der Waals surface area contributed by atoms with E-state index in [0.717, 1.165) is 42.7 Å². The molecule has 156 valence electrons. The van der Waals surface area contributed by atoms with Gasteiger partial charge in [-0.05, 0) is 46.0 Å². The Morgan fingerprint density at radius 3 is 2.90 bits per heavy atom. The summed E-state index contributed by atoms with van der Waals surface area (Å²) in [5.41, 5.74) is 1.94. The zero-order valence-electron chi connectivity index (χ0n) is 17.5. The maximum Gasteiger partial charge on any atom is 0.245 e. The second-order valence-corrected chi connectivity index (χ2v) is 8.42. The lowest BCUT2D eigenvalue weighted by Crippen LogP contribution is -2.46. The molecule has 0 radical (unpaired) electrons. The lowest BCUT2D eigenvalue weighted by Gasteiger charge is -2.27. The molecular weight excluding hydrogens is 368 g/mol. The molecule has 2 aromatic heterocycles. The molecule has 0 aromatic carbocycles. The molecule has 0 bridgehead atoms. The van der Waals surface area contributed by atoms with Crippen molar-refractivity contribution in [3.05, 3.63) is 24.0 Å². The SMILES string of the molecule is C[C@H](C(=O)N1CC[C@@H](c2nn(CCN(C)C)c3ncccc23)C1)N1CCCC1=O. The van der Waals surface area contributed by atoms with Crippen LogP contribution >= 0.6 is 0 Å². The van der Waals surface area contributed by atoms with Crippen LogP contribution in [0.2, 0.25) is 0 Å². The molecule has 2 aromatic rings. The fourth-order valence-corrected chi connectivity index (χ4v) is 4.45. The maximum absolute atomic E-state index is 13.0. The molecule has 29 heavy (non-hydrogen) atoms. The van der Waals surface area contributed by atoms with Crippen LogP contribution in [0.25, 0.3) is 11.0 Å². The Bertz CT molecular complexity index is 908. The van der Waals surface area contributed by atoms with Crippen LogP contribution < -0.4 is 0 Å². The van der Waals surface area contributed by atoms with Crippen LogP contribution in [0, 0.1) is 0 Å². The third-order valence-electron chi connectivity index (χ3n) is 6.12. The van der Waals surface area contributed by atoms with Crippen molar-refractivity contribution in [2.45, 2.75) is 44.7 Å². The molecule has 0 saturated carbocycles. The lowest BCUT2D eigenvalue weighted by molar-refractivity contribution is -0.142. The van der Waals surface area contributed by atoms with E-state index in [1.54, 1.807) is 11.1 Å². The van der Waals surface area contributed by atoms with Crippen molar-refractivity contribution < 1.29 is 9.59 Å². The summed E-state index contributed by atoms with van der Waals surface area (Å²) in [7, 11) is 4.10. The minimum atomic E-state index is -0.375. The van der Waals surface area contributed by atoms with Crippen molar-refractivity contribution in [3.63, 3.8) is 0 Å². The number of carbonyl (C=O) groups excluding carboxylic acids is 2. The van der Waals surface area contributed by atoms with Gasteiger partial charge in [0.15, 0.2) is 5.65 Å². The zero-order chi connectivity index (χ0) is 20.5. The van der Waals surface area contributed by atoms with E-state index in [-0.39, 0.29) is 23.8 Å². The molecule has 0 N–H and O–H groups in total. The third kappa shape index (κ3) is 3.85. The van der Waals surface area contributed by atoms with Gasteiger partial charge < -0.3 is 14.7 Å². The molecule has 0 unspecified atom stereocenters. The van der Waals surface area contributed by atoms with Gasteiger partial charge in [-0.25, -0.2) is 9.67 Å². The minimum absolute atomic E-state index is 0.0530. The number of carbonyl (C=O) groups is 2. The fourth-order valence-electron chi connectivity index (χ4n) is 4.45. The van der Waals surface area contributed by atoms with Gasteiger partial charge in [-0.1, -0.05) is 0 Å². The van der Waals surface area contributed by atoms with Crippen molar-refractivity contribution in [1.29, 1.82) is 0 Å². The molecule has 4 heterocycles. The smallest absolute Gasteiger partial charge is 0.245 e. The van der Waals surface area contributed by atoms with Gasteiger partial charge in [0, 0.05) is 50.1 Å². The summed E-state index contributed by atoms with van der Waals surface area (Å²) in [5, 5.41) is 5.97. The molecule has 2 atom stereocenters. The van der Waals surface area contributed by atoms with Crippen LogP contribution in [0.3, 0.4) is 0 Å². The Hall–Kier alpha value is -2.48. The Morgan fingerprint density at radius 2 is 2.17 bits per heavy atom. The normalized spacial score (nSPS) is 21.0. The Balaban J connectivity index is 1.51. The summed E-state index contributed by atoms with van der Waals surface area (Å²) in [6, 6.07) is 3.65. The molecule has 0 spiro atoms. The molecule has 2 fully saturated rings. The van der Waals surface area contributed by atoms with Crippen LogP contribution in [-0.4, -0.2) is 87.6 Å².